The van der Waals surface area contributed by atoms with Crippen molar-refractivity contribution in [2.75, 3.05) is 25.1 Å². The first-order valence-electron chi connectivity index (χ1n) is 9.95. The van der Waals surface area contributed by atoms with E-state index in [2.05, 4.69) is 5.32 Å². The van der Waals surface area contributed by atoms with Gasteiger partial charge in [0, 0.05) is 5.69 Å². The molecule has 0 spiro atoms. The van der Waals surface area contributed by atoms with Crippen LogP contribution in [0.25, 0.3) is 0 Å². The monoisotopic (exact) mass is 399 g/mol. The van der Waals surface area contributed by atoms with Crippen LogP contribution in [0.5, 0.6) is 11.5 Å². The number of carbonyl (C=O) groups excluding carboxylic acids is 2. The van der Waals surface area contributed by atoms with Crippen molar-refractivity contribution < 1.29 is 23.8 Å². The Labute approximate surface area is 172 Å². The zero-order chi connectivity index (χ0) is 21.2. The van der Waals surface area contributed by atoms with Crippen molar-refractivity contribution in [2.24, 2.45) is 0 Å². The summed E-state index contributed by atoms with van der Waals surface area (Å²) < 4.78 is 16.4. The molecule has 0 saturated carbocycles. The molecule has 0 aliphatic carbocycles. The van der Waals surface area contributed by atoms with Crippen LogP contribution in [-0.2, 0) is 16.0 Å². The molecule has 1 amide bonds. The molecule has 2 aromatic rings. The molecule has 0 atom stereocenters. The molecular weight excluding hydrogens is 370 g/mol. The zero-order valence-electron chi connectivity index (χ0n) is 17.5. The molecule has 0 aliphatic rings. The van der Waals surface area contributed by atoms with Gasteiger partial charge in [0.1, 0.15) is 0 Å². The third-order valence-corrected chi connectivity index (χ3v) is 4.28. The van der Waals surface area contributed by atoms with E-state index >= 15 is 0 Å². The topological polar surface area (TPSA) is 73.9 Å². The molecular formula is C23H29NO5. The summed E-state index contributed by atoms with van der Waals surface area (Å²) in [5.74, 6) is 0.0842. The predicted octanol–water partition coefficient (Wildman–Crippen LogP) is 4.54. The normalized spacial score (nSPS) is 10.3. The van der Waals surface area contributed by atoms with E-state index in [9.17, 15) is 9.59 Å². The van der Waals surface area contributed by atoms with Crippen LogP contribution in [-0.4, -0.2) is 31.7 Å². The molecule has 2 rings (SSSR count). The summed E-state index contributed by atoms with van der Waals surface area (Å²) in [4.78, 5) is 24.7. The highest BCUT2D eigenvalue weighted by Crippen LogP contribution is 2.29. The number of para-hydroxylation sites is 1. The molecule has 0 aromatic heterocycles. The number of aryl methyl sites for hydroxylation is 2. The number of esters is 1. The first kappa shape index (κ1) is 22.3. The summed E-state index contributed by atoms with van der Waals surface area (Å²) in [6, 6.07) is 10.7. The van der Waals surface area contributed by atoms with Crippen molar-refractivity contribution in [1.82, 2.24) is 0 Å². The van der Waals surface area contributed by atoms with Gasteiger partial charge in [-0.2, -0.15) is 0 Å². The van der Waals surface area contributed by atoms with E-state index in [1.807, 2.05) is 45.9 Å². The van der Waals surface area contributed by atoms with Crippen LogP contribution in [0.4, 0.5) is 5.69 Å². The number of ether oxygens (including phenoxy) is 3. The molecule has 6 heteroatoms. The van der Waals surface area contributed by atoms with Crippen molar-refractivity contribution in [3.63, 3.8) is 0 Å². The molecule has 0 saturated heterocycles. The van der Waals surface area contributed by atoms with Crippen molar-refractivity contribution in [3.05, 3.63) is 53.1 Å². The summed E-state index contributed by atoms with van der Waals surface area (Å²) in [7, 11) is 0. The Kier molecular flexibility index (Phi) is 8.52. The lowest BCUT2D eigenvalue weighted by atomic mass is 10.1. The fraction of sp³-hybridized carbons (Fsp3) is 0.391. The highest BCUT2D eigenvalue weighted by molar-refractivity contribution is 5.96. The van der Waals surface area contributed by atoms with E-state index < -0.39 is 5.97 Å². The Balaban J connectivity index is 2.01. The Morgan fingerprint density at radius 3 is 2.48 bits per heavy atom. The summed E-state index contributed by atoms with van der Waals surface area (Å²) in [6.07, 6.45) is 1.66. The Bertz CT molecular complexity index is 847. The standard InChI is InChI=1S/C23H29NO5/c1-5-13-28-19-12-11-18(14-20(19)27-7-3)23(26)29-15-21(25)24-22-16(4)9-8-10-17(22)6-2/h8-12,14H,5-7,13,15H2,1-4H3,(H,24,25). The van der Waals surface area contributed by atoms with Crippen LogP contribution in [0, 0.1) is 6.92 Å². The first-order chi connectivity index (χ1) is 14.0. The smallest absolute Gasteiger partial charge is 0.338 e. The van der Waals surface area contributed by atoms with Gasteiger partial charge < -0.3 is 19.5 Å². The second kappa shape index (κ2) is 11.1. The third kappa shape index (κ3) is 6.24. The zero-order valence-corrected chi connectivity index (χ0v) is 17.5. The Hall–Kier alpha value is -3.02. The average molecular weight is 399 g/mol. The molecule has 2 aromatic carbocycles. The van der Waals surface area contributed by atoms with E-state index in [0.717, 1.165) is 29.7 Å². The molecule has 29 heavy (non-hydrogen) atoms. The number of amides is 1. The Morgan fingerprint density at radius 2 is 1.79 bits per heavy atom. The minimum atomic E-state index is -0.594. The van der Waals surface area contributed by atoms with Crippen LogP contribution in [0.3, 0.4) is 0 Å². The molecule has 0 unspecified atom stereocenters. The lowest BCUT2D eigenvalue weighted by Gasteiger charge is -2.14. The maximum absolute atomic E-state index is 12.4. The van der Waals surface area contributed by atoms with E-state index in [1.54, 1.807) is 18.2 Å². The Morgan fingerprint density at radius 1 is 1.00 bits per heavy atom. The highest BCUT2D eigenvalue weighted by Gasteiger charge is 2.15. The van der Waals surface area contributed by atoms with Gasteiger partial charge >= 0.3 is 5.97 Å². The fourth-order valence-electron chi connectivity index (χ4n) is 2.83. The number of rotatable bonds is 10. The van der Waals surface area contributed by atoms with Gasteiger partial charge in [0.05, 0.1) is 18.8 Å². The van der Waals surface area contributed by atoms with E-state index in [4.69, 9.17) is 14.2 Å². The maximum Gasteiger partial charge on any atom is 0.338 e. The van der Waals surface area contributed by atoms with Gasteiger partial charge in [-0.3, -0.25) is 4.79 Å². The third-order valence-electron chi connectivity index (χ3n) is 4.28. The van der Waals surface area contributed by atoms with Crippen molar-refractivity contribution in [2.45, 2.75) is 40.5 Å². The van der Waals surface area contributed by atoms with Gasteiger partial charge in [-0.05, 0) is 56.0 Å². The molecule has 0 radical (unpaired) electrons. The molecule has 0 fully saturated rings. The van der Waals surface area contributed by atoms with Gasteiger partial charge in [0.2, 0.25) is 0 Å². The van der Waals surface area contributed by atoms with E-state index in [0.29, 0.717) is 30.3 Å². The quantitative estimate of drug-likeness (QED) is 0.594. The summed E-state index contributed by atoms with van der Waals surface area (Å²) in [6.45, 7) is 8.45. The largest absolute Gasteiger partial charge is 0.490 e. The number of nitrogens with one attached hydrogen (secondary N) is 1. The van der Waals surface area contributed by atoms with Crippen LogP contribution >= 0.6 is 0 Å². The molecule has 156 valence electrons. The maximum atomic E-state index is 12.4. The molecule has 1 N–H and O–H groups in total. The predicted molar refractivity (Wildman–Crippen MR) is 113 cm³/mol. The van der Waals surface area contributed by atoms with Gasteiger partial charge in [0.25, 0.3) is 5.91 Å². The van der Waals surface area contributed by atoms with Gasteiger partial charge in [-0.15, -0.1) is 0 Å². The summed E-state index contributed by atoms with van der Waals surface area (Å²) in [5.41, 5.74) is 3.07. The summed E-state index contributed by atoms with van der Waals surface area (Å²) >= 11 is 0. The van der Waals surface area contributed by atoms with E-state index in [1.165, 1.54) is 0 Å². The van der Waals surface area contributed by atoms with Crippen LogP contribution in [0.1, 0.15) is 48.7 Å². The lowest BCUT2D eigenvalue weighted by Crippen LogP contribution is -2.22. The lowest BCUT2D eigenvalue weighted by molar-refractivity contribution is -0.119. The summed E-state index contributed by atoms with van der Waals surface area (Å²) in [5, 5.41) is 2.84. The number of hydrogen-bond donors (Lipinski definition) is 1. The van der Waals surface area contributed by atoms with Crippen LogP contribution in [0.2, 0.25) is 0 Å². The molecule has 0 aliphatic heterocycles. The SMILES string of the molecule is CCCOc1ccc(C(=O)OCC(=O)Nc2c(C)cccc2CC)cc1OCC. The second-order valence-electron chi connectivity index (χ2n) is 6.53. The van der Waals surface area contributed by atoms with Crippen LogP contribution in [0.15, 0.2) is 36.4 Å². The minimum Gasteiger partial charge on any atom is -0.490 e. The minimum absolute atomic E-state index is 0.301. The molecule has 6 nitrogen and oxygen atoms in total. The van der Waals surface area contributed by atoms with Crippen molar-refractivity contribution in [3.8, 4) is 11.5 Å². The van der Waals surface area contributed by atoms with Crippen LogP contribution < -0.4 is 14.8 Å². The van der Waals surface area contributed by atoms with E-state index in [-0.39, 0.29) is 12.5 Å². The average Bonchev–Trinajstić information content (AvgIpc) is 2.72. The fourth-order valence-corrected chi connectivity index (χ4v) is 2.83. The van der Waals surface area contributed by atoms with Crippen molar-refractivity contribution in [1.29, 1.82) is 0 Å². The molecule has 0 heterocycles. The highest BCUT2D eigenvalue weighted by atomic mass is 16.5. The second-order valence-corrected chi connectivity index (χ2v) is 6.53. The first-order valence-corrected chi connectivity index (χ1v) is 9.95. The van der Waals surface area contributed by atoms with Gasteiger partial charge in [-0.1, -0.05) is 32.0 Å². The number of anilines is 1. The number of hydrogen-bond acceptors (Lipinski definition) is 5. The van der Waals surface area contributed by atoms with Gasteiger partial charge in [-0.25, -0.2) is 4.79 Å². The number of benzene rings is 2. The van der Waals surface area contributed by atoms with Crippen molar-refractivity contribution >= 4 is 17.6 Å². The molecule has 0 bridgehead atoms. The number of carbonyl (C=O) groups is 2. The van der Waals surface area contributed by atoms with Gasteiger partial charge in [0.15, 0.2) is 18.1 Å².